The second kappa shape index (κ2) is 8.81. The van der Waals surface area contributed by atoms with E-state index in [1.165, 1.54) is 16.4 Å². The summed E-state index contributed by atoms with van der Waals surface area (Å²) in [4.78, 5) is 36.7. The number of amides is 2. The molecule has 1 aliphatic rings. The number of rotatable bonds is 7. The molecular weight excluding hydrogens is 396 g/mol. The van der Waals surface area contributed by atoms with Crippen LogP contribution in [0.3, 0.4) is 0 Å². The fourth-order valence-corrected chi connectivity index (χ4v) is 4.41. The Kier molecular flexibility index (Phi) is 6.96. The fourth-order valence-electron chi connectivity index (χ4n) is 2.73. The molecule has 1 aromatic rings. The van der Waals surface area contributed by atoms with Gasteiger partial charge in [0.05, 0.1) is 15.5 Å². The summed E-state index contributed by atoms with van der Waals surface area (Å²) in [5.41, 5.74) is -0.162. The molecule has 0 N–H and O–H groups in total. The average molecular weight is 417 g/mol. The summed E-state index contributed by atoms with van der Waals surface area (Å²) in [6.45, 7) is 3.65. The molecule has 1 aromatic carbocycles. The van der Waals surface area contributed by atoms with Crippen LogP contribution in [0.1, 0.15) is 37.0 Å². The molecule has 0 saturated carbocycles. The minimum absolute atomic E-state index is 0.00296. The Morgan fingerprint density at radius 3 is 2.48 bits per heavy atom. The number of likely N-dealkylation sites (tertiary alicyclic amines) is 1. The van der Waals surface area contributed by atoms with Crippen molar-refractivity contribution in [3.8, 4) is 0 Å². The molecule has 0 bridgehead atoms. The van der Waals surface area contributed by atoms with Crippen LogP contribution in [0.2, 0.25) is 5.02 Å². The molecule has 1 fully saturated rings. The van der Waals surface area contributed by atoms with Gasteiger partial charge in [0.15, 0.2) is 6.61 Å². The predicted octanol–water partition coefficient (Wildman–Crippen LogP) is 1.68. The van der Waals surface area contributed by atoms with E-state index in [9.17, 15) is 22.8 Å². The van der Waals surface area contributed by atoms with Crippen LogP contribution in [0.25, 0.3) is 0 Å². The molecule has 8 nitrogen and oxygen atoms in total. The van der Waals surface area contributed by atoms with Crippen LogP contribution in [0.15, 0.2) is 23.1 Å². The van der Waals surface area contributed by atoms with Gasteiger partial charge in [-0.2, -0.15) is 4.31 Å². The van der Waals surface area contributed by atoms with Crippen LogP contribution in [0, 0.1) is 0 Å². The van der Waals surface area contributed by atoms with Crippen molar-refractivity contribution < 1.29 is 27.5 Å². The van der Waals surface area contributed by atoms with Crippen molar-refractivity contribution in [1.29, 1.82) is 0 Å². The summed E-state index contributed by atoms with van der Waals surface area (Å²) < 4.78 is 31.4. The Labute approximate surface area is 163 Å². The highest BCUT2D eigenvalue weighted by molar-refractivity contribution is 7.89. The van der Waals surface area contributed by atoms with Crippen LogP contribution in [0.5, 0.6) is 0 Å². The molecular formula is C17H21ClN2O6S. The molecule has 0 radical (unpaired) electrons. The third-order valence-corrected chi connectivity index (χ3v) is 6.58. The van der Waals surface area contributed by atoms with Crippen molar-refractivity contribution in [2.75, 3.05) is 26.2 Å². The number of halogens is 1. The van der Waals surface area contributed by atoms with E-state index >= 15 is 0 Å². The van der Waals surface area contributed by atoms with E-state index in [0.717, 1.165) is 11.0 Å². The van der Waals surface area contributed by atoms with Crippen LogP contribution in [-0.4, -0.2) is 61.6 Å². The van der Waals surface area contributed by atoms with Gasteiger partial charge in [-0.15, -0.1) is 0 Å². The van der Waals surface area contributed by atoms with Crippen molar-refractivity contribution >= 4 is 39.4 Å². The van der Waals surface area contributed by atoms with Crippen molar-refractivity contribution in [3.63, 3.8) is 0 Å². The fraction of sp³-hybridized carbons (Fsp3) is 0.471. The van der Waals surface area contributed by atoms with Gasteiger partial charge in [0.2, 0.25) is 15.9 Å². The van der Waals surface area contributed by atoms with Gasteiger partial charge in [-0.1, -0.05) is 25.4 Å². The van der Waals surface area contributed by atoms with Gasteiger partial charge in [0.1, 0.15) is 0 Å². The van der Waals surface area contributed by atoms with Crippen molar-refractivity contribution in [2.45, 2.75) is 31.6 Å². The number of ether oxygens (including phenoxy) is 1. The largest absolute Gasteiger partial charge is 0.452 e. The van der Waals surface area contributed by atoms with E-state index in [1.54, 1.807) is 13.8 Å². The monoisotopic (exact) mass is 416 g/mol. The summed E-state index contributed by atoms with van der Waals surface area (Å²) in [7, 11) is -3.78. The number of carbonyl (C=O) groups excluding carboxylic acids is 3. The third kappa shape index (κ3) is 4.66. The lowest BCUT2D eigenvalue weighted by atomic mass is 10.2. The standard InChI is InChI=1S/C17H21ClN2O6S/c1-3-19(4-2)27(24,25)12-7-8-14(18)13(10-12)17(23)26-11-16(22)20-9-5-6-15(20)21/h7-8,10H,3-6,9,11H2,1-2H3. The van der Waals surface area contributed by atoms with E-state index in [-0.39, 0.29) is 40.9 Å². The van der Waals surface area contributed by atoms with Crippen molar-refractivity contribution in [3.05, 3.63) is 28.8 Å². The van der Waals surface area contributed by atoms with E-state index in [2.05, 4.69) is 0 Å². The molecule has 1 heterocycles. The minimum Gasteiger partial charge on any atom is -0.452 e. The van der Waals surface area contributed by atoms with Crippen LogP contribution in [0.4, 0.5) is 0 Å². The van der Waals surface area contributed by atoms with Crippen molar-refractivity contribution in [1.82, 2.24) is 9.21 Å². The smallest absolute Gasteiger partial charge is 0.340 e. The van der Waals surface area contributed by atoms with Gasteiger partial charge in [0.25, 0.3) is 5.91 Å². The number of nitrogens with zero attached hydrogens (tertiary/aromatic N) is 2. The summed E-state index contributed by atoms with van der Waals surface area (Å²) in [5, 5.41) is 0.00296. The quantitative estimate of drug-likeness (QED) is 0.627. The molecule has 10 heteroatoms. The zero-order chi connectivity index (χ0) is 20.2. The summed E-state index contributed by atoms with van der Waals surface area (Å²) >= 11 is 6.00. The SMILES string of the molecule is CCN(CC)S(=O)(=O)c1ccc(Cl)c(C(=O)OCC(=O)N2CCCC2=O)c1. The molecule has 27 heavy (non-hydrogen) atoms. The van der Waals surface area contributed by atoms with E-state index in [0.29, 0.717) is 13.0 Å². The molecule has 0 aromatic heterocycles. The van der Waals surface area contributed by atoms with Gasteiger partial charge < -0.3 is 4.74 Å². The van der Waals surface area contributed by atoms with E-state index in [4.69, 9.17) is 16.3 Å². The number of imide groups is 1. The van der Waals surface area contributed by atoms with E-state index in [1.807, 2.05) is 0 Å². The molecule has 2 rings (SSSR count). The third-order valence-electron chi connectivity index (χ3n) is 4.20. The van der Waals surface area contributed by atoms with Gasteiger partial charge in [0, 0.05) is 26.1 Å². The van der Waals surface area contributed by atoms with Crippen LogP contribution in [-0.2, 0) is 24.3 Å². The first-order valence-corrected chi connectivity index (χ1v) is 10.3. The lowest BCUT2D eigenvalue weighted by Gasteiger charge is -2.19. The highest BCUT2D eigenvalue weighted by atomic mass is 35.5. The number of carbonyl (C=O) groups is 3. The summed E-state index contributed by atoms with van der Waals surface area (Å²) in [6, 6.07) is 3.73. The normalized spacial score (nSPS) is 14.7. The number of esters is 1. The molecule has 0 spiro atoms. The number of hydrogen-bond acceptors (Lipinski definition) is 6. The lowest BCUT2D eigenvalue weighted by molar-refractivity contribution is -0.143. The predicted molar refractivity (Wildman–Crippen MR) is 97.8 cm³/mol. The second-order valence-corrected chi connectivity index (χ2v) is 8.19. The Morgan fingerprint density at radius 1 is 1.26 bits per heavy atom. The van der Waals surface area contributed by atoms with Gasteiger partial charge in [-0.25, -0.2) is 13.2 Å². The van der Waals surface area contributed by atoms with E-state index < -0.39 is 28.5 Å². The first-order chi connectivity index (χ1) is 12.7. The first-order valence-electron chi connectivity index (χ1n) is 8.52. The molecule has 0 aliphatic carbocycles. The maximum absolute atomic E-state index is 12.6. The molecule has 2 amide bonds. The zero-order valence-electron chi connectivity index (χ0n) is 15.1. The number of benzene rings is 1. The van der Waals surface area contributed by atoms with Gasteiger partial charge >= 0.3 is 5.97 Å². The van der Waals surface area contributed by atoms with Crippen molar-refractivity contribution in [2.24, 2.45) is 0 Å². The second-order valence-electron chi connectivity index (χ2n) is 5.85. The molecule has 148 valence electrons. The van der Waals surface area contributed by atoms with Gasteiger partial charge in [-0.05, 0) is 24.6 Å². The Hall–Kier alpha value is -1.97. The Bertz CT molecular complexity index is 851. The topological polar surface area (TPSA) is 101 Å². The summed E-state index contributed by atoms with van der Waals surface area (Å²) in [6.07, 6.45) is 0.867. The van der Waals surface area contributed by atoms with Gasteiger partial charge in [-0.3, -0.25) is 14.5 Å². The lowest BCUT2D eigenvalue weighted by Crippen LogP contribution is -2.35. The first kappa shape index (κ1) is 21.3. The molecule has 0 atom stereocenters. The minimum atomic E-state index is -3.78. The number of hydrogen-bond donors (Lipinski definition) is 0. The van der Waals surface area contributed by atoms with Crippen LogP contribution < -0.4 is 0 Å². The Morgan fingerprint density at radius 2 is 1.93 bits per heavy atom. The highest BCUT2D eigenvalue weighted by Gasteiger charge is 2.28. The molecule has 0 unspecified atom stereocenters. The van der Waals surface area contributed by atoms with Crippen LogP contribution >= 0.6 is 11.6 Å². The summed E-state index contributed by atoms with van der Waals surface area (Å²) in [5.74, 6) is -1.85. The maximum atomic E-state index is 12.6. The highest BCUT2D eigenvalue weighted by Crippen LogP contribution is 2.24. The average Bonchev–Trinajstić information content (AvgIpc) is 3.06. The Balaban J connectivity index is 2.16. The molecule has 1 aliphatic heterocycles. The number of sulfonamides is 1. The maximum Gasteiger partial charge on any atom is 0.340 e. The molecule has 1 saturated heterocycles. The zero-order valence-corrected chi connectivity index (χ0v) is 16.7.